The van der Waals surface area contributed by atoms with Crippen LogP contribution in [0.1, 0.15) is 37.3 Å². The van der Waals surface area contributed by atoms with Crippen LogP contribution in [0.5, 0.6) is 0 Å². The number of morpholine rings is 1. The Hall–Kier alpha value is -2.91. The van der Waals surface area contributed by atoms with Gasteiger partial charge in [-0.15, -0.1) is 0 Å². The summed E-state index contributed by atoms with van der Waals surface area (Å²) >= 11 is 0. The number of ether oxygens (including phenoxy) is 1. The highest BCUT2D eigenvalue weighted by Crippen LogP contribution is 2.24. The maximum absolute atomic E-state index is 13.3. The van der Waals surface area contributed by atoms with Gasteiger partial charge in [0.1, 0.15) is 11.9 Å². The summed E-state index contributed by atoms with van der Waals surface area (Å²) in [6, 6.07) is 14.3. The van der Waals surface area contributed by atoms with E-state index in [1.54, 1.807) is 36.2 Å². The fourth-order valence-corrected chi connectivity index (χ4v) is 5.51. The summed E-state index contributed by atoms with van der Waals surface area (Å²) in [5.74, 6) is 0.120. The van der Waals surface area contributed by atoms with Gasteiger partial charge < -0.3 is 14.5 Å². The molecule has 1 unspecified atom stereocenters. The van der Waals surface area contributed by atoms with Crippen LogP contribution in [0.4, 0.5) is 5.69 Å². The zero-order valence-corrected chi connectivity index (χ0v) is 20.6. The maximum Gasteiger partial charge on any atom is 0.263 e. The van der Waals surface area contributed by atoms with E-state index < -0.39 is 16.1 Å². The SMILES string of the molecule is CCCCC(N=C1NS(=O)(=O)c2ccccc21)C(=O)N(C)Cc1ccc(N2CCOCC2)cc1. The Morgan fingerprint density at radius 1 is 1.15 bits per heavy atom. The average Bonchev–Trinajstić information content (AvgIpc) is 3.12. The van der Waals surface area contributed by atoms with Crippen LogP contribution in [0.15, 0.2) is 58.4 Å². The average molecular weight is 485 g/mol. The van der Waals surface area contributed by atoms with Gasteiger partial charge in [0, 0.05) is 37.9 Å². The summed E-state index contributed by atoms with van der Waals surface area (Å²) in [7, 11) is -1.88. The van der Waals surface area contributed by atoms with E-state index in [1.165, 1.54) is 0 Å². The van der Waals surface area contributed by atoms with E-state index in [-0.39, 0.29) is 16.6 Å². The predicted molar refractivity (Wildman–Crippen MR) is 133 cm³/mol. The summed E-state index contributed by atoms with van der Waals surface area (Å²) in [5, 5.41) is 0. The van der Waals surface area contributed by atoms with E-state index in [0.29, 0.717) is 18.5 Å². The van der Waals surface area contributed by atoms with Crippen molar-refractivity contribution in [3.05, 3.63) is 59.7 Å². The van der Waals surface area contributed by atoms with Gasteiger partial charge in [-0.2, -0.15) is 0 Å². The Kier molecular flexibility index (Phi) is 7.53. The minimum absolute atomic E-state index is 0.123. The molecule has 1 amide bonds. The Morgan fingerprint density at radius 3 is 2.56 bits per heavy atom. The lowest BCUT2D eigenvalue weighted by atomic mass is 10.1. The molecule has 0 aromatic heterocycles. The van der Waals surface area contributed by atoms with E-state index in [9.17, 15) is 13.2 Å². The van der Waals surface area contributed by atoms with Gasteiger partial charge in [0.2, 0.25) is 5.91 Å². The van der Waals surface area contributed by atoms with Crippen molar-refractivity contribution >= 4 is 27.5 Å². The van der Waals surface area contributed by atoms with Crippen molar-refractivity contribution in [2.75, 3.05) is 38.3 Å². The van der Waals surface area contributed by atoms with Crippen molar-refractivity contribution in [3.8, 4) is 0 Å². The van der Waals surface area contributed by atoms with Gasteiger partial charge in [0.25, 0.3) is 10.0 Å². The third kappa shape index (κ3) is 5.42. The normalized spacial score (nSPS) is 18.9. The molecule has 0 spiro atoms. The first-order chi connectivity index (χ1) is 16.4. The first kappa shape index (κ1) is 24.2. The monoisotopic (exact) mass is 484 g/mol. The molecular formula is C25H32N4O4S. The molecule has 2 aromatic rings. The van der Waals surface area contributed by atoms with E-state index in [2.05, 4.69) is 33.7 Å². The van der Waals surface area contributed by atoms with Gasteiger partial charge in [0.15, 0.2) is 0 Å². The number of carbonyl (C=O) groups is 1. The van der Waals surface area contributed by atoms with Crippen LogP contribution in [0.3, 0.4) is 0 Å². The summed E-state index contributed by atoms with van der Waals surface area (Å²) in [5.41, 5.74) is 2.69. The third-order valence-electron chi connectivity index (χ3n) is 6.17. The Bertz CT molecular complexity index is 1140. The number of nitrogens with one attached hydrogen (secondary N) is 1. The molecule has 2 aliphatic heterocycles. The number of amides is 1. The number of aliphatic imine (C=N–C) groups is 1. The van der Waals surface area contributed by atoms with E-state index in [4.69, 9.17) is 4.74 Å². The van der Waals surface area contributed by atoms with Crippen LogP contribution in [0.2, 0.25) is 0 Å². The number of unbranched alkanes of at least 4 members (excludes halogenated alkanes) is 1. The fraction of sp³-hybridized carbons (Fsp3) is 0.440. The van der Waals surface area contributed by atoms with Crippen molar-refractivity contribution in [1.29, 1.82) is 0 Å². The van der Waals surface area contributed by atoms with Crippen LogP contribution in [-0.4, -0.2) is 64.5 Å². The van der Waals surface area contributed by atoms with Crippen LogP contribution in [0, 0.1) is 0 Å². The van der Waals surface area contributed by atoms with Crippen molar-refractivity contribution < 1.29 is 17.9 Å². The molecule has 34 heavy (non-hydrogen) atoms. The Balaban J connectivity index is 1.48. The van der Waals surface area contributed by atoms with Crippen molar-refractivity contribution in [2.24, 2.45) is 4.99 Å². The molecule has 2 heterocycles. The number of hydrogen-bond acceptors (Lipinski definition) is 6. The first-order valence-electron chi connectivity index (χ1n) is 11.8. The fourth-order valence-electron chi connectivity index (χ4n) is 4.27. The van der Waals surface area contributed by atoms with Gasteiger partial charge in [0.05, 0.1) is 18.1 Å². The minimum Gasteiger partial charge on any atom is -0.378 e. The molecule has 182 valence electrons. The smallest absolute Gasteiger partial charge is 0.263 e. The molecule has 4 rings (SSSR count). The molecule has 2 aromatic carbocycles. The van der Waals surface area contributed by atoms with Gasteiger partial charge in [-0.05, 0) is 36.2 Å². The zero-order chi connectivity index (χ0) is 24.1. The second kappa shape index (κ2) is 10.6. The number of benzene rings is 2. The van der Waals surface area contributed by atoms with Gasteiger partial charge >= 0.3 is 0 Å². The van der Waals surface area contributed by atoms with Crippen molar-refractivity contribution in [2.45, 2.75) is 43.7 Å². The van der Waals surface area contributed by atoms with E-state index in [0.717, 1.165) is 50.4 Å². The Morgan fingerprint density at radius 2 is 1.85 bits per heavy atom. The van der Waals surface area contributed by atoms with Crippen LogP contribution in [0.25, 0.3) is 0 Å². The molecule has 9 heteroatoms. The molecule has 1 N–H and O–H groups in total. The number of nitrogens with zero attached hydrogens (tertiary/aromatic N) is 3. The Labute approximate surface area is 201 Å². The van der Waals surface area contributed by atoms with E-state index in [1.807, 2.05) is 12.1 Å². The quantitative estimate of drug-likeness (QED) is 0.622. The van der Waals surface area contributed by atoms with Gasteiger partial charge in [-0.3, -0.25) is 14.5 Å². The van der Waals surface area contributed by atoms with Crippen LogP contribution < -0.4 is 9.62 Å². The first-order valence-corrected chi connectivity index (χ1v) is 13.2. The molecule has 0 bridgehead atoms. The number of hydrogen-bond donors (Lipinski definition) is 1. The number of fused-ring (bicyclic) bond motifs is 1. The highest BCUT2D eigenvalue weighted by molar-refractivity contribution is 7.90. The standard InChI is InChI=1S/C25H32N4O4S/c1-3-4-8-22(26-24-21-7-5-6-9-23(21)34(31,32)27-24)25(30)28(2)18-19-10-12-20(13-11-19)29-14-16-33-17-15-29/h5-7,9-13,22H,3-4,8,14-18H2,1-2H3,(H,26,27). The molecular weight excluding hydrogens is 452 g/mol. The molecule has 0 radical (unpaired) electrons. The predicted octanol–water partition coefficient (Wildman–Crippen LogP) is 2.78. The number of sulfonamides is 1. The van der Waals surface area contributed by atoms with Crippen molar-refractivity contribution in [3.63, 3.8) is 0 Å². The summed E-state index contributed by atoms with van der Waals surface area (Å²) in [4.78, 5) is 22.1. The van der Waals surface area contributed by atoms with Crippen LogP contribution >= 0.6 is 0 Å². The molecule has 1 atom stereocenters. The largest absolute Gasteiger partial charge is 0.378 e. The second-order valence-electron chi connectivity index (χ2n) is 8.70. The highest BCUT2D eigenvalue weighted by Gasteiger charge is 2.32. The number of likely N-dealkylation sites (N-methyl/N-ethyl adjacent to an activating group) is 1. The third-order valence-corrected chi connectivity index (χ3v) is 7.57. The summed E-state index contributed by atoms with van der Waals surface area (Å²) in [6.45, 7) is 5.75. The number of amidine groups is 1. The van der Waals surface area contributed by atoms with E-state index >= 15 is 0 Å². The molecule has 1 fully saturated rings. The topological polar surface area (TPSA) is 91.3 Å². The van der Waals surface area contributed by atoms with Crippen molar-refractivity contribution in [1.82, 2.24) is 9.62 Å². The second-order valence-corrected chi connectivity index (χ2v) is 10.3. The number of anilines is 1. The molecule has 1 saturated heterocycles. The minimum atomic E-state index is -3.65. The zero-order valence-electron chi connectivity index (χ0n) is 19.7. The number of carbonyl (C=O) groups excluding carboxylic acids is 1. The van der Waals surface area contributed by atoms with Crippen LogP contribution in [-0.2, 0) is 26.1 Å². The lowest BCUT2D eigenvalue weighted by molar-refractivity contribution is -0.131. The lowest BCUT2D eigenvalue weighted by Crippen LogP contribution is -2.37. The van der Waals surface area contributed by atoms with Gasteiger partial charge in [-0.25, -0.2) is 8.42 Å². The van der Waals surface area contributed by atoms with Gasteiger partial charge in [-0.1, -0.05) is 44.0 Å². The lowest BCUT2D eigenvalue weighted by Gasteiger charge is -2.29. The molecule has 0 aliphatic carbocycles. The maximum atomic E-state index is 13.3. The summed E-state index contributed by atoms with van der Waals surface area (Å²) < 4.78 is 32.8. The number of rotatable bonds is 8. The highest BCUT2D eigenvalue weighted by atomic mass is 32.2. The molecule has 2 aliphatic rings. The molecule has 0 saturated carbocycles. The molecule has 8 nitrogen and oxygen atoms in total. The summed E-state index contributed by atoms with van der Waals surface area (Å²) in [6.07, 6.45) is 2.30.